The first-order valence-corrected chi connectivity index (χ1v) is 8.99. The minimum absolute atomic E-state index is 0.0735. The van der Waals surface area contributed by atoms with Crippen LogP contribution in [0.3, 0.4) is 0 Å². The first-order chi connectivity index (χ1) is 11.8. The molecule has 0 saturated carbocycles. The summed E-state index contributed by atoms with van der Waals surface area (Å²) >= 11 is 0. The zero-order valence-corrected chi connectivity index (χ0v) is 15.0. The monoisotopic (exact) mass is 363 g/mol. The quantitative estimate of drug-likeness (QED) is 0.203. The van der Waals surface area contributed by atoms with Crippen LogP contribution in [0.5, 0.6) is 0 Å². The van der Waals surface area contributed by atoms with E-state index in [-0.39, 0.29) is 6.42 Å². The van der Waals surface area contributed by atoms with Crippen LogP contribution in [0.2, 0.25) is 0 Å². The molecule has 0 saturated heterocycles. The van der Waals surface area contributed by atoms with Crippen molar-refractivity contribution in [2.24, 2.45) is 5.73 Å². The highest BCUT2D eigenvalue weighted by molar-refractivity contribution is 5.83. The molecule has 0 radical (unpaired) electrons. The lowest BCUT2D eigenvalue weighted by atomic mass is 10.0. The molecule has 4 atom stereocenters. The summed E-state index contributed by atoms with van der Waals surface area (Å²) < 4.78 is 4.83. The van der Waals surface area contributed by atoms with Crippen LogP contribution in [0.15, 0.2) is 0 Å². The Morgan fingerprint density at radius 1 is 0.920 bits per heavy atom. The fourth-order valence-corrected chi connectivity index (χ4v) is 2.41. The van der Waals surface area contributed by atoms with Crippen LogP contribution in [0.25, 0.3) is 0 Å². The molecule has 0 aliphatic heterocycles. The molecule has 0 heterocycles. The van der Waals surface area contributed by atoms with Gasteiger partial charge in [0.15, 0.2) is 0 Å². The maximum absolute atomic E-state index is 11.8. The molecule has 8 heteroatoms. The van der Waals surface area contributed by atoms with Gasteiger partial charge in [-0.3, -0.25) is 9.59 Å². The zero-order valence-electron chi connectivity index (χ0n) is 15.0. The standard InChI is InChI=1S/C17H33NO7/c1-2-3-4-5-6-7-8-9-10-13(21)25-16(17(18)24)15(23)14(22)12(20)11-19/h12,14-16,19-20,22-23H,2-11H2,1H3,(H2,18,24)/t12-,14-,15+,16-/m1/s1. The van der Waals surface area contributed by atoms with Crippen molar-refractivity contribution in [2.45, 2.75) is 89.1 Å². The number of carbonyl (C=O) groups is 2. The summed E-state index contributed by atoms with van der Waals surface area (Å²) in [5.41, 5.74) is 5.07. The molecule has 8 nitrogen and oxygen atoms in total. The van der Waals surface area contributed by atoms with Gasteiger partial charge in [0.05, 0.1) is 6.61 Å². The number of amides is 1. The van der Waals surface area contributed by atoms with Gasteiger partial charge in [-0.2, -0.15) is 0 Å². The Bertz CT molecular complexity index is 378. The van der Waals surface area contributed by atoms with Gasteiger partial charge in [0.2, 0.25) is 6.10 Å². The lowest BCUT2D eigenvalue weighted by Gasteiger charge is -2.26. The summed E-state index contributed by atoms with van der Waals surface area (Å²) in [5, 5.41) is 37.4. The minimum Gasteiger partial charge on any atom is -0.449 e. The number of rotatable bonds is 15. The molecule has 0 fully saturated rings. The Labute approximate surface area is 149 Å². The third-order valence-electron chi connectivity index (χ3n) is 4.01. The van der Waals surface area contributed by atoms with Crippen molar-refractivity contribution in [3.8, 4) is 0 Å². The number of nitrogens with two attached hydrogens (primary N) is 1. The summed E-state index contributed by atoms with van der Waals surface area (Å²) in [5.74, 6) is -1.85. The van der Waals surface area contributed by atoms with Gasteiger partial charge in [0.25, 0.3) is 5.91 Å². The van der Waals surface area contributed by atoms with E-state index in [1.165, 1.54) is 25.7 Å². The Kier molecular flexibility index (Phi) is 13.3. The van der Waals surface area contributed by atoms with Crippen molar-refractivity contribution in [1.82, 2.24) is 0 Å². The van der Waals surface area contributed by atoms with Gasteiger partial charge >= 0.3 is 5.97 Å². The van der Waals surface area contributed by atoms with Gasteiger partial charge < -0.3 is 30.9 Å². The lowest BCUT2D eigenvalue weighted by Crippen LogP contribution is -2.52. The Balaban J connectivity index is 4.15. The van der Waals surface area contributed by atoms with Crippen LogP contribution in [-0.2, 0) is 14.3 Å². The van der Waals surface area contributed by atoms with Gasteiger partial charge in [0, 0.05) is 6.42 Å². The average Bonchev–Trinajstić information content (AvgIpc) is 2.59. The van der Waals surface area contributed by atoms with Crippen molar-refractivity contribution in [3.05, 3.63) is 0 Å². The maximum Gasteiger partial charge on any atom is 0.306 e. The molecule has 0 unspecified atom stereocenters. The minimum atomic E-state index is -1.91. The van der Waals surface area contributed by atoms with E-state index in [2.05, 4.69) is 6.92 Å². The fraction of sp³-hybridized carbons (Fsp3) is 0.882. The van der Waals surface area contributed by atoms with Crippen molar-refractivity contribution in [1.29, 1.82) is 0 Å². The predicted molar refractivity (Wildman–Crippen MR) is 91.4 cm³/mol. The topological polar surface area (TPSA) is 150 Å². The molecule has 0 aromatic carbocycles. The molecule has 25 heavy (non-hydrogen) atoms. The molecule has 0 spiro atoms. The molecule has 0 aliphatic carbocycles. The van der Waals surface area contributed by atoms with Crippen molar-refractivity contribution in [3.63, 3.8) is 0 Å². The largest absolute Gasteiger partial charge is 0.449 e. The van der Waals surface area contributed by atoms with E-state index >= 15 is 0 Å². The lowest BCUT2D eigenvalue weighted by molar-refractivity contribution is -0.172. The molecular formula is C17H33NO7. The summed E-state index contributed by atoms with van der Waals surface area (Å²) in [7, 11) is 0. The van der Waals surface area contributed by atoms with Gasteiger partial charge in [-0.1, -0.05) is 51.9 Å². The van der Waals surface area contributed by atoms with Crippen molar-refractivity contribution in [2.75, 3.05) is 6.61 Å². The van der Waals surface area contributed by atoms with E-state index in [1.54, 1.807) is 0 Å². The van der Waals surface area contributed by atoms with Gasteiger partial charge in [0.1, 0.15) is 18.3 Å². The molecule has 0 aromatic rings. The molecular weight excluding hydrogens is 330 g/mol. The molecule has 0 bridgehead atoms. The van der Waals surface area contributed by atoms with Crippen LogP contribution in [0.1, 0.15) is 64.7 Å². The normalized spacial score (nSPS) is 16.0. The van der Waals surface area contributed by atoms with E-state index in [9.17, 15) is 24.9 Å². The first kappa shape index (κ1) is 23.8. The third-order valence-corrected chi connectivity index (χ3v) is 4.01. The van der Waals surface area contributed by atoms with E-state index in [0.717, 1.165) is 19.3 Å². The van der Waals surface area contributed by atoms with E-state index in [1.807, 2.05) is 0 Å². The van der Waals surface area contributed by atoms with E-state index < -0.39 is 42.9 Å². The van der Waals surface area contributed by atoms with Gasteiger partial charge in [-0.05, 0) is 6.42 Å². The Morgan fingerprint density at radius 2 is 1.44 bits per heavy atom. The van der Waals surface area contributed by atoms with Gasteiger partial charge in [-0.25, -0.2) is 0 Å². The summed E-state index contributed by atoms with van der Waals surface area (Å²) in [6.45, 7) is 1.33. The Morgan fingerprint density at radius 3 is 1.92 bits per heavy atom. The molecule has 0 aromatic heterocycles. The highest BCUT2D eigenvalue weighted by Gasteiger charge is 2.37. The number of hydrogen-bond donors (Lipinski definition) is 5. The van der Waals surface area contributed by atoms with Crippen LogP contribution in [-0.4, -0.2) is 63.3 Å². The summed E-state index contributed by atoms with van der Waals surface area (Å²) in [6.07, 6.45) is 1.25. The SMILES string of the molecule is CCCCCCCCCCC(=O)O[C@@H](C(N)=O)[C@@H](O)[C@H](O)[C@H](O)CO. The number of aliphatic hydroxyl groups excluding tert-OH is 4. The second-order valence-corrected chi connectivity index (χ2v) is 6.27. The van der Waals surface area contributed by atoms with Crippen LogP contribution in [0, 0.1) is 0 Å². The second kappa shape index (κ2) is 14.0. The van der Waals surface area contributed by atoms with Gasteiger partial charge in [-0.15, -0.1) is 0 Å². The Hall–Kier alpha value is -1.22. The number of primary amides is 1. The number of carbonyl (C=O) groups excluding carboxylic acids is 2. The first-order valence-electron chi connectivity index (χ1n) is 8.99. The number of hydrogen-bond acceptors (Lipinski definition) is 7. The molecule has 1 amide bonds. The zero-order chi connectivity index (χ0) is 19.2. The molecule has 0 aliphatic rings. The van der Waals surface area contributed by atoms with Crippen LogP contribution in [0.4, 0.5) is 0 Å². The highest BCUT2D eigenvalue weighted by Crippen LogP contribution is 2.12. The third kappa shape index (κ3) is 10.4. The number of aliphatic hydroxyl groups is 4. The summed E-state index contributed by atoms with van der Waals surface area (Å²) in [6, 6.07) is 0. The summed E-state index contributed by atoms with van der Waals surface area (Å²) in [4.78, 5) is 23.1. The number of unbranched alkanes of at least 4 members (excludes halogenated alkanes) is 7. The molecule has 148 valence electrons. The predicted octanol–water partition coefficient (Wildman–Crippen LogP) is -0.0107. The molecule has 6 N–H and O–H groups in total. The second-order valence-electron chi connectivity index (χ2n) is 6.27. The van der Waals surface area contributed by atoms with E-state index in [4.69, 9.17) is 15.6 Å². The maximum atomic E-state index is 11.8. The van der Waals surface area contributed by atoms with Crippen LogP contribution >= 0.6 is 0 Å². The molecule has 0 rings (SSSR count). The number of esters is 1. The van der Waals surface area contributed by atoms with Crippen molar-refractivity contribution >= 4 is 11.9 Å². The fourth-order valence-electron chi connectivity index (χ4n) is 2.41. The highest BCUT2D eigenvalue weighted by atomic mass is 16.6. The smallest absolute Gasteiger partial charge is 0.306 e. The van der Waals surface area contributed by atoms with Crippen molar-refractivity contribution < 1.29 is 34.8 Å². The van der Waals surface area contributed by atoms with E-state index in [0.29, 0.717) is 6.42 Å². The number of ether oxygens (including phenoxy) is 1. The van der Waals surface area contributed by atoms with Crippen LogP contribution < -0.4 is 5.73 Å². The average molecular weight is 363 g/mol.